The molecule has 0 aromatic heterocycles. The second-order valence-electron chi connectivity index (χ2n) is 5.37. The lowest BCUT2D eigenvalue weighted by molar-refractivity contribution is -0.126. The van der Waals surface area contributed by atoms with E-state index in [0.717, 1.165) is 26.2 Å². The highest BCUT2D eigenvalue weighted by molar-refractivity contribution is 5.76. The maximum atomic E-state index is 11.8. The van der Waals surface area contributed by atoms with E-state index in [1.807, 2.05) is 13.1 Å². The van der Waals surface area contributed by atoms with Crippen molar-refractivity contribution in [1.82, 2.24) is 15.5 Å². The lowest BCUT2D eigenvalue weighted by Gasteiger charge is -2.32. The standard InChI is InChI=1S/C16H25N3O2/c1-17-7-8-18-16(20)11-15-13-19(9-10-21-15)12-14-5-3-2-4-6-14/h2-6,15,17H,7-13H2,1H3,(H,18,20). The van der Waals surface area contributed by atoms with Crippen LogP contribution in [0.5, 0.6) is 0 Å². The van der Waals surface area contributed by atoms with Crippen molar-refractivity contribution in [2.75, 3.05) is 39.8 Å². The fraction of sp³-hybridized carbons (Fsp3) is 0.562. The van der Waals surface area contributed by atoms with Crippen LogP contribution < -0.4 is 10.6 Å². The summed E-state index contributed by atoms with van der Waals surface area (Å²) in [6, 6.07) is 10.4. The smallest absolute Gasteiger partial charge is 0.222 e. The van der Waals surface area contributed by atoms with E-state index in [2.05, 4.69) is 39.8 Å². The summed E-state index contributed by atoms with van der Waals surface area (Å²) in [5, 5.41) is 5.90. The zero-order chi connectivity index (χ0) is 14.9. The first-order valence-electron chi connectivity index (χ1n) is 7.57. The molecule has 1 aromatic carbocycles. The number of benzene rings is 1. The number of hydrogen-bond donors (Lipinski definition) is 2. The summed E-state index contributed by atoms with van der Waals surface area (Å²) in [5.74, 6) is 0.0665. The van der Waals surface area contributed by atoms with Crippen molar-refractivity contribution in [2.45, 2.75) is 19.1 Å². The molecule has 0 radical (unpaired) electrons. The van der Waals surface area contributed by atoms with Gasteiger partial charge in [0.1, 0.15) is 0 Å². The average Bonchev–Trinajstić information content (AvgIpc) is 2.49. The number of nitrogens with one attached hydrogen (secondary N) is 2. The predicted octanol–water partition coefficient (Wildman–Crippen LogP) is 0.613. The summed E-state index contributed by atoms with van der Waals surface area (Å²) in [5.41, 5.74) is 1.30. The van der Waals surface area contributed by atoms with Crippen molar-refractivity contribution in [3.8, 4) is 0 Å². The molecule has 1 aromatic rings. The van der Waals surface area contributed by atoms with Gasteiger partial charge in [0, 0.05) is 32.7 Å². The van der Waals surface area contributed by atoms with Crippen LogP contribution in [0, 0.1) is 0 Å². The minimum absolute atomic E-state index is 0.00273. The van der Waals surface area contributed by atoms with Crippen LogP contribution in [-0.2, 0) is 16.1 Å². The van der Waals surface area contributed by atoms with Gasteiger partial charge in [0.15, 0.2) is 0 Å². The van der Waals surface area contributed by atoms with Gasteiger partial charge < -0.3 is 15.4 Å². The molecule has 1 heterocycles. The summed E-state index contributed by atoms with van der Waals surface area (Å²) in [6.07, 6.45) is 0.437. The zero-order valence-corrected chi connectivity index (χ0v) is 12.7. The third kappa shape index (κ3) is 5.83. The highest BCUT2D eigenvalue weighted by atomic mass is 16.5. The van der Waals surface area contributed by atoms with E-state index in [0.29, 0.717) is 19.6 Å². The van der Waals surface area contributed by atoms with Gasteiger partial charge in [0.25, 0.3) is 0 Å². The zero-order valence-electron chi connectivity index (χ0n) is 12.7. The highest BCUT2D eigenvalue weighted by Gasteiger charge is 2.22. The van der Waals surface area contributed by atoms with Gasteiger partial charge in [-0.25, -0.2) is 0 Å². The molecular weight excluding hydrogens is 266 g/mol. The summed E-state index contributed by atoms with van der Waals surface area (Å²) in [4.78, 5) is 14.2. The molecule has 1 aliphatic heterocycles. The molecule has 1 unspecified atom stereocenters. The Kier molecular flexibility index (Phi) is 6.66. The number of nitrogens with zero attached hydrogens (tertiary/aromatic N) is 1. The monoisotopic (exact) mass is 291 g/mol. The molecule has 2 N–H and O–H groups in total. The average molecular weight is 291 g/mol. The summed E-state index contributed by atoms with van der Waals surface area (Å²) in [6.45, 7) is 4.80. The first-order chi connectivity index (χ1) is 10.3. The Morgan fingerprint density at radius 1 is 1.33 bits per heavy atom. The van der Waals surface area contributed by atoms with Gasteiger partial charge in [-0.2, -0.15) is 0 Å². The molecule has 1 amide bonds. The third-order valence-corrected chi connectivity index (χ3v) is 3.58. The van der Waals surface area contributed by atoms with E-state index in [4.69, 9.17) is 4.74 Å². The molecule has 1 fully saturated rings. The van der Waals surface area contributed by atoms with Gasteiger partial charge >= 0.3 is 0 Å². The summed E-state index contributed by atoms with van der Waals surface area (Å²) < 4.78 is 5.70. The van der Waals surface area contributed by atoms with E-state index in [1.54, 1.807) is 0 Å². The number of rotatable bonds is 7. The molecule has 2 rings (SSSR count). The summed E-state index contributed by atoms with van der Waals surface area (Å²) >= 11 is 0. The molecule has 21 heavy (non-hydrogen) atoms. The second kappa shape index (κ2) is 8.77. The quantitative estimate of drug-likeness (QED) is 0.723. The predicted molar refractivity (Wildman–Crippen MR) is 83.0 cm³/mol. The van der Waals surface area contributed by atoms with Gasteiger partial charge in [-0.15, -0.1) is 0 Å². The molecule has 1 aliphatic rings. The first-order valence-corrected chi connectivity index (χ1v) is 7.57. The first kappa shape index (κ1) is 15.9. The fourth-order valence-electron chi connectivity index (χ4n) is 2.50. The number of hydrogen-bond acceptors (Lipinski definition) is 4. The van der Waals surface area contributed by atoms with Gasteiger partial charge in [-0.3, -0.25) is 9.69 Å². The van der Waals surface area contributed by atoms with Gasteiger partial charge in [-0.1, -0.05) is 30.3 Å². The Morgan fingerprint density at radius 3 is 2.90 bits per heavy atom. The molecule has 0 bridgehead atoms. The van der Waals surface area contributed by atoms with E-state index in [1.165, 1.54) is 5.56 Å². The van der Waals surface area contributed by atoms with Gasteiger partial charge in [0.2, 0.25) is 5.91 Å². The minimum atomic E-state index is -0.00273. The second-order valence-corrected chi connectivity index (χ2v) is 5.37. The normalized spacial score (nSPS) is 19.4. The molecule has 0 saturated carbocycles. The Labute approximate surface area is 126 Å². The van der Waals surface area contributed by atoms with Gasteiger partial charge in [-0.05, 0) is 12.6 Å². The molecule has 5 nitrogen and oxygen atoms in total. The van der Waals surface area contributed by atoms with Crippen molar-refractivity contribution in [3.05, 3.63) is 35.9 Å². The number of carbonyl (C=O) groups is 1. The maximum absolute atomic E-state index is 11.8. The maximum Gasteiger partial charge on any atom is 0.222 e. The number of carbonyl (C=O) groups excluding carboxylic acids is 1. The molecular formula is C16H25N3O2. The third-order valence-electron chi connectivity index (χ3n) is 3.58. The van der Waals surface area contributed by atoms with Crippen molar-refractivity contribution in [1.29, 1.82) is 0 Å². The van der Waals surface area contributed by atoms with Crippen molar-refractivity contribution >= 4 is 5.91 Å². The molecule has 5 heteroatoms. The Morgan fingerprint density at radius 2 is 2.14 bits per heavy atom. The number of amides is 1. The van der Waals surface area contributed by atoms with Crippen LogP contribution in [0.4, 0.5) is 0 Å². The molecule has 0 aliphatic carbocycles. The summed E-state index contributed by atoms with van der Waals surface area (Å²) in [7, 11) is 1.87. The molecule has 116 valence electrons. The Hall–Kier alpha value is -1.43. The van der Waals surface area contributed by atoms with Gasteiger partial charge in [0.05, 0.1) is 19.1 Å². The number of morpholine rings is 1. The fourth-order valence-corrected chi connectivity index (χ4v) is 2.50. The molecule has 0 spiro atoms. The van der Waals surface area contributed by atoms with Crippen LogP contribution in [0.1, 0.15) is 12.0 Å². The van der Waals surface area contributed by atoms with Crippen molar-refractivity contribution in [3.63, 3.8) is 0 Å². The largest absolute Gasteiger partial charge is 0.375 e. The van der Waals surface area contributed by atoms with E-state index < -0.39 is 0 Å². The molecule has 1 atom stereocenters. The van der Waals surface area contributed by atoms with Crippen LogP contribution in [0.2, 0.25) is 0 Å². The Bertz CT molecular complexity index is 425. The molecule has 1 saturated heterocycles. The van der Waals surface area contributed by atoms with E-state index in [9.17, 15) is 4.79 Å². The number of likely N-dealkylation sites (N-methyl/N-ethyl adjacent to an activating group) is 1. The Balaban J connectivity index is 1.74. The van der Waals surface area contributed by atoms with E-state index >= 15 is 0 Å². The SMILES string of the molecule is CNCCNC(=O)CC1CN(Cc2ccccc2)CCO1. The van der Waals surface area contributed by atoms with Crippen molar-refractivity contribution < 1.29 is 9.53 Å². The van der Waals surface area contributed by atoms with Crippen LogP contribution >= 0.6 is 0 Å². The van der Waals surface area contributed by atoms with E-state index in [-0.39, 0.29) is 12.0 Å². The van der Waals surface area contributed by atoms with Crippen LogP contribution in [-0.4, -0.2) is 56.7 Å². The highest BCUT2D eigenvalue weighted by Crippen LogP contribution is 2.12. The number of ether oxygens (including phenoxy) is 1. The van der Waals surface area contributed by atoms with Crippen molar-refractivity contribution in [2.24, 2.45) is 0 Å². The topological polar surface area (TPSA) is 53.6 Å². The minimum Gasteiger partial charge on any atom is -0.375 e. The van der Waals surface area contributed by atoms with Crippen LogP contribution in [0.15, 0.2) is 30.3 Å². The lowest BCUT2D eigenvalue weighted by Crippen LogP contribution is -2.44. The lowest BCUT2D eigenvalue weighted by atomic mass is 10.1. The van der Waals surface area contributed by atoms with Crippen LogP contribution in [0.3, 0.4) is 0 Å². The van der Waals surface area contributed by atoms with Crippen LogP contribution in [0.25, 0.3) is 0 Å².